The lowest BCUT2D eigenvalue weighted by Gasteiger charge is -2.11. The van der Waals surface area contributed by atoms with Gasteiger partial charge in [-0.05, 0) is 38.5 Å². The van der Waals surface area contributed by atoms with E-state index in [0.717, 1.165) is 11.3 Å². The summed E-state index contributed by atoms with van der Waals surface area (Å²) in [5.41, 5.74) is 8.61. The summed E-state index contributed by atoms with van der Waals surface area (Å²) in [7, 11) is 0. The smallest absolute Gasteiger partial charge is 0.167 e. The Kier molecular flexibility index (Phi) is 3.66. The lowest BCUT2D eigenvalue weighted by Crippen LogP contribution is -2.04. The van der Waals surface area contributed by atoms with Gasteiger partial charge in [-0.2, -0.15) is 5.26 Å². The van der Waals surface area contributed by atoms with Gasteiger partial charge in [0.05, 0.1) is 17.9 Å². The number of rotatable bonds is 3. The number of anilines is 1. The Balaban J connectivity index is 2.59. The second kappa shape index (κ2) is 5.25. The topological polar surface area (TPSA) is 64.0 Å². The normalized spacial score (nSPS) is 10.3. The van der Waals surface area contributed by atoms with Crippen LogP contribution in [0.25, 0.3) is 5.69 Å². The molecule has 0 unspecified atom stereocenters. The molecule has 4 nitrogen and oxygen atoms in total. The summed E-state index contributed by atoms with van der Waals surface area (Å²) in [6.07, 6.45) is 0. The van der Waals surface area contributed by atoms with Crippen LogP contribution in [0, 0.1) is 31.0 Å². The minimum absolute atomic E-state index is 0.205. The molecule has 5 heteroatoms. The lowest BCUT2D eigenvalue weighted by atomic mass is 10.2. The van der Waals surface area contributed by atoms with E-state index in [2.05, 4.69) is 6.07 Å². The molecule has 0 aliphatic carbocycles. The van der Waals surface area contributed by atoms with Crippen LogP contribution in [0.2, 0.25) is 0 Å². The average molecular weight is 273 g/mol. The summed E-state index contributed by atoms with van der Waals surface area (Å²) in [5.74, 6) is 0.0796. The Morgan fingerprint density at radius 2 is 2.10 bits per heavy atom. The van der Waals surface area contributed by atoms with Crippen molar-refractivity contribution in [1.82, 2.24) is 4.57 Å². The number of hydrogen-bond acceptors (Lipinski definition) is 3. The Hall–Kier alpha value is -2.48. The number of nitrogens with two attached hydrogens (primary N) is 1. The highest BCUT2D eigenvalue weighted by Crippen LogP contribution is 2.29. The van der Waals surface area contributed by atoms with Gasteiger partial charge in [0, 0.05) is 11.8 Å². The number of hydrogen-bond donors (Lipinski definition) is 1. The largest absolute Gasteiger partial charge is 0.491 e. The molecule has 0 aliphatic heterocycles. The maximum absolute atomic E-state index is 13.9. The molecule has 1 heterocycles. The van der Waals surface area contributed by atoms with Crippen molar-refractivity contribution < 1.29 is 9.13 Å². The number of nitrogens with zero attached hydrogens (tertiary/aromatic N) is 2. The molecular formula is C15H16FN3O. The number of nitrogen functional groups attached to an aromatic ring is 1. The number of nitriles is 1. The molecule has 1 aromatic heterocycles. The fourth-order valence-electron chi connectivity index (χ4n) is 2.21. The molecule has 2 aromatic rings. The standard InChI is InChI=1S/C15H16FN3O/c1-4-20-14-6-5-11(7-13(14)16)19-10(3)9(2)12(8-17)15(19)18/h5-7H,4,18H2,1-3H3. The maximum Gasteiger partial charge on any atom is 0.167 e. The van der Waals surface area contributed by atoms with Crippen LogP contribution in [0.1, 0.15) is 23.7 Å². The molecule has 0 spiro atoms. The minimum Gasteiger partial charge on any atom is -0.491 e. The van der Waals surface area contributed by atoms with Gasteiger partial charge in [0.25, 0.3) is 0 Å². The van der Waals surface area contributed by atoms with Gasteiger partial charge in [-0.15, -0.1) is 0 Å². The molecule has 20 heavy (non-hydrogen) atoms. The third-order valence-electron chi connectivity index (χ3n) is 3.34. The summed E-state index contributed by atoms with van der Waals surface area (Å²) in [5, 5.41) is 9.12. The first kappa shape index (κ1) is 13.9. The molecule has 1 aromatic carbocycles. The van der Waals surface area contributed by atoms with Crippen molar-refractivity contribution in [2.24, 2.45) is 0 Å². The molecule has 0 fully saturated rings. The lowest BCUT2D eigenvalue weighted by molar-refractivity contribution is 0.321. The second-order valence-corrected chi connectivity index (χ2v) is 4.47. The highest BCUT2D eigenvalue weighted by atomic mass is 19.1. The van der Waals surface area contributed by atoms with Crippen LogP contribution in [0.4, 0.5) is 10.2 Å². The second-order valence-electron chi connectivity index (χ2n) is 4.47. The molecule has 104 valence electrons. The summed E-state index contributed by atoms with van der Waals surface area (Å²) in [6, 6.07) is 6.72. The molecule has 0 radical (unpaired) electrons. The van der Waals surface area contributed by atoms with Crippen LogP contribution in [-0.2, 0) is 0 Å². The van der Waals surface area contributed by atoms with E-state index < -0.39 is 5.82 Å². The van der Waals surface area contributed by atoms with E-state index in [4.69, 9.17) is 15.7 Å². The molecule has 0 amide bonds. The number of aromatic nitrogens is 1. The van der Waals surface area contributed by atoms with Gasteiger partial charge in [0.2, 0.25) is 0 Å². The van der Waals surface area contributed by atoms with E-state index in [-0.39, 0.29) is 5.75 Å². The van der Waals surface area contributed by atoms with E-state index in [1.807, 2.05) is 13.8 Å². The quantitative estimate of drug-likeness (QED) is 0.934. The van der Waals surface area contributed by atoms with Crippen LogP contribution in [0.3, 0.4) is 0 Å². The third kappa shape index (κ3) is 2.10. The van der Waals surface area contributed by atoms with Crippen molar-refractivity contribution in [3.63, 3.8) is 0 Å². The highest BCUT2D eigenvalue weighted by molar-refractivity contribution is 5.62. The zero-order valence-corrected chi connectivity index (χ0v) is 11.7. The van der Waals surface area contributed by atoms with E-state index in [1.54, 1.807) is 23.6 Å². The minimum atomic E-state index is -0.451. The third-order valence-corrected chi connectivity index (χ3v) is 3.34. The van der Waals surface area contributed by atoms with Crippen LogP contribution in [0.15, 0.2) is 18.2 Å². The fraction of sp³-hybridized carbons (Fsp3) is 0.267. The van der Waals surface area contributed by atoms with Gasteiger partial charge in [0.1, 0.15) is 11.9 Å². The first-order valence-corrected chi connectivity index (χ1v) is 6.31. The van der Waals surface area contributed by atoms with Gasteiger partial charge < -0.3 is 10.5 Å². The van der Waals surface area contributed by atoms with Gasteiger partial charge in [-0.1, -0.05) is 0 Å². The number of ether oxygens (including phenoxy) is 1. The molecule has 0 atom stereocenters. The Morgan fingerprint density at radius 3 is 2.60 bits per heavy atom. The molecular weight excluding hydrogens is 257 g/mol. The zero-order valence-electron chi connectivity index (χ0n) is 11.7. The zero-order chi connectivity index (χ0) is 14.9. The molecule has 0 saturated heterocycles. The van der Waals surface area contributed by atoms with Crippen molar-refractivity contribution in [2.45, 2.75) is 20.8 Å². The van der Waals surface area contributed by atoms with Crippen molar-refractivity contribution in [3.05, 3.63) is 40.8 Å². The molecule has 0 aliphatic rings. The number of halogens is 1. The average Bonchev–Trinajstić information content (AvgIpc) is 2.63. The molecule has 0 bridgehead atoms. The van der Waals surface area contributed by atoms with Gasteiger partial charge in [0.15, 0.2) is 11.6 Å². The van der Waals surface area contributed by atoms with Crippen LogP contribution < -0.4 is 10.5 Å². The maximum atomic E-state index is 13.9. The highest BCUT2D eigenvalue weighted by Gasteiger charge is 2.17. The Labute approximate surface area is 117 Å². The van der Waals surface area contributed by atoms with Crippen molar-refractivity contribution in [2.75, 3.05) is 12.3 Å². The van der Waals surface area contributed by atoms with Crippen LogP contribution >= 0.6 is 0 Å². The predicted octanol–water partition coefficient (Wildman–Crippen LogP) is 3.09. The van der Waals surface area contributed by atoms with E-state index in [9.17, 15) is 4.39 Å². The number of benzene rings is 1. The molecule has 0 saturated carbocycles. The van der Waals surface area contributed by atoms with Crippen molar-refractivity contribution in [3.8, 4) is 17.5 Å². The predicted molar refractivity (Wildman–Crippen MR) is 75.5 cm³/mol. The van der Waals surface area contributed by atoms with E-state index in [1.165, 1.54) is 6.07 Å². The van der Waals surface area contributed by atoms with Crippen molar-refractivity contribution >= 4 is 5.82 Å². The van der Waals surface area contributed by atoms with Crippen LogP contribution in [0.5, 0.6) is 5.75 Å². The Bertz CT molecular complexity index is 698. The fourth-order valence-corrected chi connectivity index (χ4v) is 2.21. The van der Waals surface area contributed by atoms with Crippen molar-refractivity contribution in [1.29, 1.82) is 5.26 Å². The Morgan fingerprint density at radius 1 is 1.40 bits per heavy atom. The summed E-state index contributed by atoms with van der Waals surface area (Å²) >= 11 is 0. The molecule has 2 rings (SSSR count). The van der Waals surface area contributed by atoms with E-state index in [0.29, 0.717) is 23.7 Å². The van der Waals surface area contributed by atoms with Gasteiger partial charge >= 0.3 is 0 Å². The monoisotopic (exact) mass is 273 g/mol. The summed E-state index contributed by atoms with van der Waals surface area (Å²) in [4.78, 5) is 0. The van der Waals surface area contributed by atoms with E-state index >= 15 is 0 Å². The first-order valence-electron chi connectivity index (χ1n) is 6.31. The SMILES string of the molecule is CCOc1ccc(-n2c(C)c(C)c(C#N)c2N)cc1F. The van der Waals surface area contributed by atoms with Crippen LogP contribution in [-0.4, -0.2) is 11.2 Å². The van der Waals surface area contributed by atoms with Gasteiger partial charge in [-0.25, -0.2) is 4.39 Å². The van der Waals surface area contributed by atoms with Gasteiger partial charge in [-0.3, -0.25) is 4.57 Å². The summed E-state index contributed by atoms with van der Waals surface area (Å²) in [6.45, 7) is 5.87. The first-order chi connectivity index (χ1) is 9.51. The summed E-state index contributed by atoms with van der Waals surface area (Å²) < 4.78 is 20.8. The molecule has 2 N–H and O–H groups in total.